The molecule has 0 saturated carbocycles. The maximum absolute atomic E-state index is 4.05. The average Bonchev–Trinajstić information content (AvgIpc) is 2.30. The molecule has 0 fully saturated rings. The summed E-state index contributed by atoms with van der Waals surface area (Å²) in [5.74, 6) is 0. The highest BCUT2D eigenvalue weighted by molar-refractivity contribution is 5.47. The summed E-state index contributed by atoms with van der Waals surface area (Å²) < 4.78 is 0. The first-order valence-corrected chi connectivity index (χ1v) is 5.65. The number of rotatable bonds is 6. The van der Waals surface area contributed by atoms with Gasteiger partial charge in [-0.1, -0.05) is 68.2 Å². The zero-order valence-electron chi connectivity index (χ0n) is 10.7. The fourth-order valence-electron chi connectivity index (χ4n) is 1.07. The van der Waals surface area contributed by atoms with Crippen molar-refractivity contribution in [2.45, 2.75) is 27.2 Å². The molecule has 0 heteroatoms. The molecule has 0 saturated heterocycles. The van der Waals surface area contributed by atoms with Crippen LogP contribution >= 0.6 is 0 Å². The van der Waals surface area contributed by atoms with Gasteiger partial charge in [0.15, 0.2) is 0 Å². The van der Waals surface area contributed by atoms with Crippen LogP contribution < -0.4 is 0 Å². The van der Waals surface area contributed by atoms with Crippen molar-refractivity contribution in [3.8, 4) is 0 Å². The lowest BCUT2D eigenvalue weighted by Gasteiger charge is -2.00. The van der Waals surface area contributed by atoms with Crippen LogP contribution in [-0.4, -0.2) is 0 Å². The van der Waals surface area contributed by atoms with Crippen LogP contribution in [0.1, 0.15) is 27.2 Å². The smallest absolute Gasteiger partial charge is 0.0193 e. The Morgan fingerprint density at radius 1 is 1.19 bits per heavy atom. The van der Waals surface area contributed by atoms with E-state index in [0.29, 0.717) is 0 Å². The third-order valence-electron chi connectivity index (χ3n) is 2.20. The monoisotopic (exact) mass is 214 g/mol. The van der Waals surface area contributed by atoms with Gasteiger partial charge in [-0.3, -0.25) is 0 Å². The molecule has 0 aromatic carbocycles. The van der Waals surface area contributed by atoms with Crippen molar-refractivity contribution < 1.29 is 0 Å². The van der Waals surface area contributed by atoms with Crippen molar-refractivity contribution in [1.29, 1.82) is 0 Å². The molecule has 0 aliphatic carbocycles. The second-order valence-electron chi connectivity index (χ2n) is 3.56. The second-order valence-corrected chi connectivity index (χ2v) is 3.56. The van der Waals surface area contributed by atoms with Crippen LogP contribution in [0, 0.1) is 0 Å². The SMILES string of the molecule is C=C/C=C(\C=C/CC)C(=C)/C=C\C(C)=C/C. The number of allylic oxidation sites excluding steroid dienone is 10. The van der Waals surface area contributed by atoms with Gasteiger partial charge in [0, 0.05) is 0 Å². The zero-order valence-corrected chi connectivity index (χ0v) is 10.7. The molecule has 16 heavy (non-hydrogen) atoms. The molecule has 0 radical (unpaired) electrons. The molecule has 0 unspecified atom stereocenters. The van der Waals surface area contributed by atoms with Crippen LogP contribution in [0.2, 0.25) is 0 Å². The van der Waals surface area contributed by atoms with Gasteiger partial charge in [-0.05, 0) is 31.4 Å². The predicted octanol–water partition coefficient (Wildman–Crippen LogP) is 5.14. The third kappa shape index (κ3) is 6.02. The van der Waals surface area contributed by atoms with Crippen LogP contribution in [0.3, 0.4) is 0 Å². The molecule has 0 spiro atoms. The largest absolute Gasteiger partial charge is 0.0990 e. The lowest BCUT2D eigenvalue weighted by Crippen LogP contribution is -1.81. The Labute approximate surface area is 100 Å². The minimum atomic E-state index is 1.01. The van der Waals surface area contributed by atoms with E-state index < -0.39 is 0 Å². The van der Waals surface area contributed by atoms with Gasteiger partial charge in [-0.15, -0.1) is 0 Å². The molecule has 86 valence electrons. The summed E-state index contributed by atoms with van der Waals surface area (Å²) in [6.07, 6.45) is 15.2. The molecule has 0 heterocycles. The summed E-state index contributed by atoms with van der Waals surface area (Å²) in [7, 11) is 0. The van der Waals surface area contributed by atoms with E-state index in [4.69, 9.17) is 0 Å². The fraction of sp³-hybridized carbons (Fsp3) is 0.250. The summed E-state index contributed by atoms with van der Waals surface area (Å²) in [6.45, 7) is 14.0. The lowest BCUT2D eigenvalue weighted by molar-refractivity contribution is 1.22. The summed E-state index contributed by atoms with van der Waals surface area (Å²) >= 11 is 0. The van der Waals surface area contributed by atoms with Crippen molar-refractivity contribution in [2.24, 2.45) is 0 Å². The van der Waals surface area contributed by atoms with Gasteiger partial charge < -0.3 is 0 Å². The summed E-state index contributed by atoms with van der Waals surface area (Å²) in [5.41, 5.74) is 3.35. The molecule has 0 aromatic rings. The first-order valence-electron chi connectivity index (χ1n) is 5.65. The van der Waals surface area contributed by atoms with Crippen molar-refractivity contribution >= 4 is 0 Å². The van der Waals surface area contributed by atoms with Gasteiger partial charge in [0.05, 0.1) is 0 Å². The summed E-state index contributed by atoms with van der Waals surface area (Å²) in [6, 6.07) is 0. The third-order valence-corrected chi connectivity index (χ3v) is 2.20. The molecule has 0 amide bonds. The van der Waals surface area contributed by atoms with Crippen LogP contribution in [0.5, 0.6) is 0 Å². The Balaban J connectivity index is 4.77. The van der Waals surface area contributed by atoms with Gasteiger partial charge >= 0.3 is 0 Å². The van der Waals surface area contributed by atoms with Gasteiger partial charge in [-0.2, -0.15) is 0 Å². The molecule has 0 aliphatic heterocycles. The predicted molar refractivity (Wildman–Crippen MR) is 75.4 cm³/mol. The molecular weight excluding hydrogens is 192 g/mol. The van der Waals surface area contributed by atoms with E-state index in [1.807, 2.05) is 19.1 Å². The van der Waals surface area contributed by atoms with Gasteiger partial charge in [0.2, 0.25) is 0 Å². The van der Waals surface area contributed by atoms with E-state index in [-0.39, 0.29) is 0 Å². The Bertz CT molecular complexity index is 346. The topological polar surface area (TPSA) is 0 Å². The summed E-state index contributed by atoms with van der Waals surface area (Å²) in [5, 5.41) is 0. The van der Waals surface area contributed by atoms with Gasteiger partial charge in [-0.25, -0.2) is 0 Å². The highest BCUT2D eigenvalue weighted by Gasteiger charge is 1.93. The van der Waals surface area contributed by atoms with Crippen molar-refractivity contribution in [2.75, 3.05) is 0 Å². The molecule has 0 aliphatic rings. The van der Waals surface area contributed by atoms with E-state index in [9.17, 15) is 0 Å². The van der Waals surface area contributed by atoms with Crippen LogP contribution in [0.25, 0.3) is 0 Å². The number of hydrogen-bond acceptors (Lipinski definition) is 0. The quantitative estimate of drug-likeness (QED) is 0.537. The van der Waals surface area contributed by atoms with Gasteiger partial charge in [0.25, 0.3) is 0 Å². The molecule has 0 nitrogen and oxygen atoms in total. The summed E-state index contributed by atoms with van der Waals surface area (Å²) in [4.78, 5) is 0. The zero-order chi connectivity index (χ0) is 12.4. The van der Waals surface area contributed by atoms with Crippen molar-refractivity contribution in [3.63, 3.8) is 0 Å². The van der Waals surface area contributed by atoms with Crippen LogP contribution in [-0.2, 0) is 0 Å². The molecule has 0 aromatic heterocycles. The molecule has 0 rings (SSSR count). The van der Waals surface area contributed by atoms with E-state index in [1.165, 1.54) is 5.57 Å². The first-order chi connectivity index (χ1) is 7.65. The first kappa shape index (κ1) is 14.4. The Morgan fingerprint density at radius 3 is 2.38 bits per heavy atom. The molecule has 0 bridgehead atoms. The Hall–Kier alpha value is -1.56. The minimum absolute atomic E-state index is 1.01. The van der Waals surface area contributed by atoms with E-state index >= 15 is 0 Å². The normalized spacial score (nSPS) is 13.7. The van der Waals surface area contributed by atoms with E-state index in [0.717, 1.165) is 17.6 Å². The highest BCUT2D eigenvalue weighted by atomic mass is 14.0. The standard InChI is InChI=1S/C16H22/c1-6-9-11-16(10-7-2)15(5)13-12-14(4)8-3/h7-13H,2,5-6H2,1,3-4H3/b11-9-,13-12-,14-8-,16-10+. The maximum Gasteiger partial charge on any atom is -0.0193 e. The van der Waals surface area contributed by atoms with E-state index in [1.54, 1.807) is 6.08 Å². The Kier molecular flexibility index (Phi) is 7.87. The highest BCUT2D eigenvalue weighted by Crippen LogP contribution is 2.13. The van der Waals surface area contributed by atoms with Crippen LogP contribution in [0.15, 0.2) is 72.4 Å². The average molecular weight is 214 g/mol. The minimum Gasteiger partial charge on any atom is -0.0990 e. The lowest BCUT2D eigenvalue weighted by atomic mass is 10.0. The maximum atomic E-state index is 4.05. The van der Waals surface area contributed by atoms with Crippen molar-refractivity contribution in [3.05, 3.63) is 72.4 Å². The number of hydrogen-bond donors (Lipinski definition) is 0. The van der Waals surface area contributed by atoms with E-state index in [2.05, 4.69) is 51.3 Å². The fourth-order valence-corrected chi connectivity index (χ4v) is 1.07. The van der Waals surface area contributed by atoms with Gasteiger partial charge in [0.1, 0.15) is 0 Å². The molecule has 0 atom stereocenters. The Morgan fingerprint density at radius 2 is 1.88 bits per heavy atom. The van der Waals surface area contributed by atoms with Crippen LogP contribution in [0.4, 0.5) is 0 Å². The molecule has 0 N–H and O–H groups in total. The molecular formula is C16H22. The second kappa shape index (κ2) is 8.72. The van der Waals surface area contributed by atoms with Crippen molar-refractivity contribution in [1.82, 2.24) is 0 Å².